The summed E-state index contributed by atoms with van der Waals surface area (Å²) < 4.78 is 57.7. The van der Waals surface area contributed by atoms with Gasteiger partial charge in [-0.15, -0.1) is 0 Å². The Balaban J connectivity index is 0.000000792. The van der Waals surface area contributed by atoms with Crippen molar-refractivity contribution in [1.29, 1.82) is 0 Å². The number of carbonyl (C=O) groups excluding carboxylic acids is 4. The molecule has 0 unspecified atom stereocenters. The Morgan fingerprint density at radius 1 is 0.862 bits per heavy atom. The Kier molecular flexibility index (Phi) is 28.4. The van der Waals surface area contributed by atoms with Gasteiger partial charge in [0, 0.05) is 60.7 Å². The highest BCUT2D eigenvalue weighted by Crippen LogP contribution is 2.30. The summed E-state index contributed by atoms with van der Waals surface area (Å²) in [4.78, 5) is 47.3. The summed E-state index contributed by atoms with van der Waals surface area (Å²) in [5.41, 5.74) is 6.45. The third-order valence-electron chi connectivity index (χ3n) is 6.86. The van der Waals surface area contributed by atoms with Crippen molar-refractivity contribution in [3.8, 4) is 0 Å². The Hall–Kier alpha value is -4.97. The maximum Gasteiger partial charge on any atom is 0.416 e. The number of aldehydes is 3. The molecule has 0 heterocycles. The number of nitrogens with two attached hydrogens (primary N) is 1. The maximum absolute atomic E-state index is 12.4. The van der Waals surface area contributed by atoms with Gasteiger partial charge in [0.15, 0.2) is 6.29 Å². The number of hydrogen-bond donors (Lipinski definition) is 4. The van der Waals surface area contributed by atoms with Crippen molar-refractivity contribution in [3.05, 3.63) is 106 Å². The van der Waals surface area contributed by atoms with E-state index in [1.807, 2.05) is 27.8 Å². The van der Waals surface area contributed by atoms with Crippen LogP contribution in [0, 0.1) is 0 Å². The van der Waals surface area contributed by atoms with E-state index in [0.29, 0.717) is 86.2 Å². The quantitative estimate of drug-likeness (QED) is 0.0418. The number of likely N-dealkylation sites (N-methyl/N-ethyl adjacent to an activating group) is 1. The summed E-state index contributed by atoms with van der Waals surface area (Å²) in [6.45, 7) is 10.4. The van der Waals surface area contributed by atoms with Gasteiger partial charge in [-0.05, 0) is 82.4 Å². The van der Waals surface area contributed by atoms with Gasteiger partial charge in [0.1, 0.15) is 18.4 Å². The van der Waals surface area contributed by atoms with Crippen LogP contribution < -0.4 is 21.7 Å². The first kappa shape index (κ1) is 53.0. The number of carbonyl (C=O) groups is 4. The number of nitrogens with zero attached hydrogens (tertiary/aromatic N) is 1. The molecule has 0 bridgehead atoms. The van der Waals surface area contributed by atoms with E-state index in [4.69, 9.17) is 36.3 Å². The minimum absolute atomic E-state index is 0.0417. The molecule has 3 rings (SSSR count). The summed E-state index contributed by atoms with van der Waals surface area (Å²) in [5, 5.41) is 8.69. The molecule has 0 aromatic heterocycles. The zero-order chi connectivity index (χ0) is 43.8. The van der Waals surface area contributed by atoms with E-state index in [9.17, 15) is 32.3 Å². The van der Waals surface area contributed by atoms with Gasteiger partial charge >= 0.3 is 6.18 Å². The number of ether oxygens (including phenoxy) is 4. The zero-order valence-electron chi connectivity index (χ0n) is 33.7. The Labute approximate surface area is 343 Å². The number of anilines is 2. The molecule has 1 amide bonds. The van der Waals surface area contributed by atoms with E-state index < -0.39 is 17.6 Å². The minimum Gasteiger partial charge on any atom is -0.384 e. The zero-order valence-corrected chi connectivity index (χ0v) is 34.5. The highest BCUT2D eigenvalue weighted by atomic mass is 35.5. The predicted octanol–water partition coefficient (Wildman–Crippen LogP) is 7.11. The van der Waals surface area contributed by atoms with Crippen molar-refractivity contribution in [2.45, 2.75) is 39.0 Å². The van der Waals surface area contributed by atoms with E-state index in [2.05, 4.69) is 20.9 Å². The van der Waals surface area contributed by atoms with Crippen LogP contribution in [0.1, 0.15) is 63.8 Å². The molecule has 320 valence electrons. The molecule has 0 aliphatic heterocycles. The first-order valence-electron chi connectivity index (χ1n) is 17.9. The highest BCUT2D eigenvalue weighted by molar-refractivity contribution is 6.31. The van der Waals surface area contributed by atoms with Crippen molar-refractivity contribution in [1.82, 2.24) is 5.32 Å². The van der Waals surface area contributed by atoms with Crippen LogP contribution in [-0.2, 0) is 29.9 Å². The largest absolute Gasteiger partial charge is 0.416 e. The highest BCUT2D eigenvalue weighted by Gasteiger charge is 2.30. The van der Waals surface area contributed by atoms with E-state index in [1.54, 1.807) is 37.4 Å². The van der Waals surface area contributed by atoms with Crippen LogP contribution >= 0.6 is 11.6 Å². The van der Waals surface area contributed by atoms with Crippen molar-refractivity contribution in [2.75, 3.05) is 78.0 Å². The molecule has 13 nitrogen and oxygen atoms in total. The molecule has 3 aromatic rings. The Morgan fingerprint density at radius 3 is 2.03 bits per heavy atom. The lowest BCUT2D eigenvalue weighted by Gasteiger charge is -2.14. The molecule has 0 aliphatic carbocycles. The molecule has 17 heteroatoms. The van der Waals surface area contributed by atoms with Gasteiger partial charge in [0.2, 0.25) is 0 Å². The van der Waals surface area contributed by atoms with Gasteiger partial charge in [0.25, 0.3) is 5.91 Å². The monoisotopic (exact) mass is 837 g/mol. The second kappa shape index (κ2) is 31.1. The molecule has 5 N–H and O–H groups in total. The topological polar surface area (TPSA) is 180 Å². The number of halogens is 4. The molecule has 3 aromatic carbocycles. The van der Waals surface area contributed by atoms with Crippen molar-refractivity contribution in [3.63, 3.8) is 0 Å². The smallest absolute Gasteiger partial charge is 0.384 e. The fourth-order valence-corrected chi connectivity index (χ4v) is 3.80. The second-order valence-electron chi connectivity index (χ2n) is 12.5. The summed E-state index contributed by atoms with van der Waals surface area (Å²) in [6, 6.07) is 15.7. The number of methoxy groups -OCH3 is 1. The van der Waals surface area contributed by atoms with Crippen LogP contribution in [0.25, 0.3) is 0 Å². The number of rotatable bonds is 19. The van der Waals surface area contributed by atoms with Crippen molar-refractivity contribution >= 4 is 53.6 Å². The fraction of sp³-hybridized carbons (Fsp3) is 0.390. The van der Waals surface area contributed by atoms with Gasteiger partial charge < -0.3 is 45.4 Å². The number of amidine groups is 1. The number of nitrogens with one attached hydrogen (secondary N) is 3. The lowest BCUT2D eigenvalue weighted by molar-refractivity contribution is -0.137. The van der Waals surface area contributed by atoms with Crippen LogP contribution in [0.3, 0.4) is 0 Å². The average molecular weight is 838 g/mol. The number of aliphatic imine (C=N–C) groups is 1. The first-order valence-corrected chi connectivity index (χ1v) is 18.2. The van der Waals surface area contributed by atoms with E-state index in [-0.39, 0.29) is 17.0 Å². The SMILES string of the molecule is CN=C(N)/C=C\Nc1cccc(C(F)(F)F)c1.CNCCOCCOCCOCCC=O.COC(C)(C)C.O=Cc1cccc(C(=O)Nc2ccc(Cl)cc2C=O)c1. The maximum atomic E-state index is 12.4. The van der Waals surface area contributed by atoms with Crippen LogP contribution in [0.15, 0.2) is 84.0 Å². The molecule has 0 saturated carbocycles. The molecular formula is C41H55ClF3N5O8. The van der Waals surface area contributed by atoms with E-state index in [1.165, 1.54) is 43.6 Å². The normalized spacial score (nSPS) is 11.2. The van der Waals surface area contributed by atoms with Crippen LogP contribution in [0.2, 0.25) is 5.02 Å². The van der Waals surface area contributed by atoms with Gasteiger partial charge in [-0.3, -0.25) is 19.4 Å². The summed E-state index contributed by atoms with van der Waals surface area (Å²) >= 11 is 5.78. The Morgan fingerprint density at radius 2 is 1.48 bits per heavy atom. The standard InChI is InChI=1S/C15H10ClNO3.C11H12F3N3.C10H21NO4.C5H12O/c16-13-4-5-14(12(7-13)9-19)17-15(20)11-3-1-2-10(6-11)8-18;1-16-10(15)5-6-17-9-4-2-3-8(7-9)11(12,13)14;1-11-3-6-14-8-10-15-9-7-13-5-2-4-12;1-5(2,3)6-4/h1-9H,(H,17,20);2-7,17H,1H3,(H2,15,16);4,11H,2-3,5-10H2,1H3;1-4H3/b;6-5-;;. The molecular weight excluding hydrogens is 783 g/mol. The molecule has 0 atom stereocenters. The number of alkyl halides is 3. The lowest BCUT2D eigenvalue weighted by Crippen LogP contribution is -2.16. The molecule has 0 saturated heterocycles. The molecule has 0 fully saturated rings. The number of amides is 1. The molecule has 0 radical (unpaired) electrons. The molecule has 0 spiro atoms. The first-order chi connectivity index (χ1) is 27.5. The van der Waals surface area contributed by atoms with Crippen LogP contribution in [-0.4, -0.2) is 104 Å². The van der Waals surface area contributed by atoms with Crippen molar-refractivity contribution < 1.29 is 51.3 Å². The summed E-state index contributed by atoms with van der Waals surface area (Å²) in [7, 11) is 5.11. The lowest BCUT2D eigenvalue weighted by atomic mass is 10.1. The molecule has 58 heavy (non-hydrogen) atoms. The summed E-state index contributed by atoms with van der Waals surface area (Å²) in [6.07, 6.45) is 1.12. The van der Waals surface area contributed by atoms with Crippen LogP contribution in [0.4, 0.5) is 24.5 Å². The average Bonchev–Trinajstić information content (AvgIpc) is 3.20. The number of benzene rings is 3. The van der Waals surface area contributed by atoms with Gasteiger partial charge in [-0.25, -0.2) is 0 Å². The van der Waals surface area contributed by atoms with E-state index in [0.717, 1.165) is 25.0 Å². The van der Waals surface area contributed by atoms with Crippen LogP contribution in [0.5, 0.6) is 0 Å². The van der Waals surface area contributed by atoms with Crippen molar-refractivity contribution in [2.24, 2.45) is 10.7 Å². The second-order valence-corrected chi connectivity index (χ2v) is 12.9. The minimum atomic E-state index is -4.34. The summed E-state index contributed by atoms with van der Waals surface area (Å²) in [5.74, 6) is -0.122. The molecule has 0 aliphatic rings. The van der Waals surface area contributed by atoms with E-state index >= 15 is 0 Å². The number of hydrogen-bond acceptors (Lipinski definition) is 11. The van der Waals surface area contributed by atoms with Gasteiger partial charge in [-0.2, -0.15) is 13.2 Å². The fourth-order valence-electron chi connectivity index (χ4n) is 3.62. The third kappa shape index (κ3) is 26.8. The van der Waals surface area contributed by atoms with Gasteiger partial charge in [-0.1, -0.05) is 29.8 Å². The van der Waals surface area contributed by atoms with Gasteiger partial charge in [0.05, 0.1) is 56.5 Å². The predicted molar refractivity (Wildman–Crippen MR) is 222 cm³/mol. The third-order valence-corrected chi connectivity index (χ3v) is 7.09. The Bertz CT molecular complexity index is 1700.